The minimum Gasteiger partial charge on any atom is -0.376 e. The van der Waals surface area contributed by atoms with E-state index in [0.717, 1.165) is 41.8 Å². The zero-order chi connectivity index (χ0) is 20.0. The number of carbonyl (C=O) groups is 1. The summed E-state index contributed by atoms with van der Waals surface area (Å²) in [5, 5.41) is 8.16. The van der Waals surface area contributed by atoms with Gasteiger partial charge in [-0.3, -0.25) is 9.89 Å². The lowest BCUT2D eigenvalue weighted by molar-refractivity contribution is 0.0495. The summed E-state index contributed by atoms with van der Waals surface area (Å²) in [6.07, 6.45) is 2.06. The first kappa shape index (κ1) is 18.4. The number of aryl methyl sites for hydroxylation is 1. The average molecular weight is 408 g/mol. The van der Waals surface area contributed by atoms with Crippen molar-refractivity contribution in [2.24, 2.45) is 0 Å². The first-order valence-corrected chi connectivity index (χ1v) is 10.3. The summed E-state index contributed by atoms with van der Waals surface area (Å²) in [4.78, 5) is 15.2. The van der Waals surface area contributed by atoms with Crippen molar-refractivity contribution in [2.75, 3.05) is 13.2 Å². The number of amides is 1. The van der Waals surface area contributed by atoms with Gasteiger partial charge in [0.15, 0.2) is 0 Å². The lowest BCUT2D eigenvalue weighted by Crippen LogP contribution is -2.36. The molecule has 1 fully saturated rings. The number of hydrogen-bond acceptors (Lipinski definition) is 3. The second-order valence-electron chi connectivity index (χ2n) is 7.74. The third-order valence-corrected chi connectivity index (χ3v) is 6.16. The Hall–Kier alpha value is -2.63. The normalized spacial score (nSPS) is 21.0. The maximum absolute atomic E-state index is 13.3. The molecule has 5 rings (SSSR count). The molecular weight excluding hydrogens is 386 g/mol. The van der Waals surface area contributed by atoms with Crippen LogP contribution >= 0.6 is 11.6 Å². The van der Waals surface area contributed by atoms with Crippen molar-refractivity contribution >= 4 is 17.5 Å². The van der Waals surface area contributed by atoms with Gasteiger partial charge in [-0.15, -0.1) is 0 Å². The van der Waals surface area contributed by atoms with Gasteiger partial charge in [0.05, 0.1) is 17.8 Å². The molecule has 6 heteroatoms. The van der Waals surface area contributed by atoms with Crippen LogP contribution in [0.15, 0.2) is 48.5 Å². The molecule has 3 aromatic rings. The van der Waals surface area contributed by atoms with Crippen molar-refractivity contribution in [2.45, 2.75) is 31.9 Å². The van der Waals surface area contributed by atoms with E-state index in [-0.39, 0.29) is 18.1 Å². The number of carbonyl (C=O) groups excluding carboxylic acids is 1. The molecule has 0 saturated carbocycles. The molecular formula is C23H22ClN3O2. The molecule has 1 aromatic heterocycles. The number of nitrogens with one attached hydrogen (secondary N) is 1. The number of aromatic amines is 1. The van der Waals surface area contributed by atoms with Crippen LogP contribution in [0.3, 0.4) is 0 Å². The van der Waals surface area contributed by atoms with Crippen LogP contribution < -0.4 is 0 Å². The van der Waals surface area contributed by atoms with Gasteiger partial charge in [-0.2, -0.15) is 5.10 Å². The predicted octanol–water partition coefficient (Wildman–Crippen LogP) is 4.76. The standard InChI is InChI=1S/C23H22ClN3O2/c1-14-8-10-15(11-9-14)20-19-21(26-25-20)23(28)27(13-16-5-4-12-29-16)22(19)17-6-2-3-7-18(17)24/h2-3,6-11,16,22H,4-5,12-13H2,1H3,(H,25,26). The number of ether oxygens (including phenoxy) is 1. The fourth-order valence-corrected chi connectivity index (χ4v) is 4.58. The topological polar surface area (TPSA) is 58.2 Å². The largest absolute Gasteiger partial charge is 0.376 e. The zero-order valence-corrected chi connectivity index (χ0v) is 16.9. The van der Waals surface area contributed by atoms with E-state index < -0.39 is 0 Å². The van der Waals surface area contributed by atoms with Crippen molar-refractivity contribution in [3.05, 3.63) is 75.9 Å². The Morgan fingerprint density at radius 3 is 2.72 bits per heavy atom. The van der Waals surface area contributed by atoms with Gasteiger partial charge in [0.25, 0.3) is 5.91 Å². The van der Waals surface area contributed by atoms with E-state index >= 15 is 0 Å². The lowest BCUT2D eigenvalue weighted by Gasteiger charge is -2.29. The number of aromatic nitrogens is 2. The van der Waals surface area contributed by atoms with Gasteiger partial charge in [-0.05, 0) is 31.4 Å². The highest BCUT2D eigenvalue weighted by Gasteiger charge is 2.43. The van der Waals surface area contributed by atoms with Crippen LogP contribution in [0.2, 0.25) is 5.02 Å². The number of H-pyrrole nitrogens is 1. The maximum atomic E-state index is 13.3. The quantitative estimate of drug-likeness (QED) is 0.678. The second kappa shape index (κ2) is 7.32. The summed E-state index contributed by atoms with van der Waals surface area (Å²) < 4.78 is 5.83. The Labute approximate surface area is 174 Å². The smallest absolute Gasteiger partial charge is 0.273 e. The van der Waals surface area contributed by atoms with Crippen LogP contribution in [0.1, 0.15) is 46.1 Å². The molecule has 0 spiro atoms. The van der Waals surface area contributed by atoms with Gasteiger partial charge in [-0.25, -0.2) is 0 Å². The molecule has 3 heterocycles. The molecule has 5 nitrogen and oxygen atoms in total. The molecule has 1 amide bonds. The summed E-state index contributed by atoms with van der Waals surface area (Å²) in [7, 11) is 0. The van der Waals surface area contributed by atoms with E-state index in [1.165, 1.54) is 5.56 Å². The van der Waals surface area contributed by atoms with Crippen molar-refractivity contribution in [3.63, 3.8) is 0 Å². The summed E-state index contributed by atoms with van der Waals surface area (Å²) in [6.45, 7) is 3.35. The molecule has 2 atom stereocenters. The zero-order valence-electron chi connectivity index (χ0n) is 16.2. The van der Waals surface area contributed by atoms with Gasteiger partial charge in [-0.1, -0.05) is 59.6 Å². The van der Waals surface area contributed by atoms with Crippen molar-refractivity contribution < 1.29 is 9.53 Å². The van der Waals surface area contributed by atoms with Crippen LogP contribution in [-0.4, -0.2) is 40.3 Å². The Kier molecular flexibility index (Phi) is 4.64. The van der Waals surface area contributed by atoms with Crippen molar-refractivity contribution in [1.82, 2.24) is 15.1 Å². The van der Waals surface area contributed by atoms with E-state index in [1.54, 1.807) is 0 Å². The molecule has 1 saturated heterocycles. The highest BCUT2D eigenvalue weighted by Crippen LogP contribution is 2.45. The Balaban J connectivity index is 1.64. The fraction of sp³-hybridized carbons (Fsp3) is 0.304. The van der Waals surface area contributed by atoms with Crippen molar-refractivity contribution in [3.8, 4) is 11.3 Å². The molecule has 0 radical (unpaired) electrons. The molecule has 2 aromatic carbocycles. The molecule has 2 aliphatic heterocycles. The molecule has 1 N–H and O–H groups in total. The molecule has 0 bridgehead atoms. The number of benzene rings is 2. The average Bonchev–Trinajstić information content (AvgIpc) is 3.44. The monoisotopic (exact) mass is 407 g/mol. The Morgan fingerprint density at radius 2 is 2.00 bits per heavy atom. The van der Waals surface area contributed by atoms with Gasteiger partial charge in [0, 0.05) is 29.3 Å². The maximum Gasteiger partial charge on any atom is 0.273 e. The lowest BCUT2D eigenvalue weighted by atomic mass is 9.95. The van der Waals surface area contributed by atoms with E-state index in [4.69, 9.17) is 16.3 Å². The third-order valence-electron chi connectivity index (χ3n) is 5.81. The summed E-state index contributed by atoms with van der Waals surface area (Å²) in [5.41, 5.74) is 5.31. The fourth-order valence-electron chi connectivity index (χ4n) is 4.34. The minimum atomic E-state index is -0.287. The van der Waals surface area contributed by atoms with E-state index in [0.29, 0.717) is 17.3 Å². The minimum absolute atomic E-state index is 0.0497. The van der Waals surface area contributed by atoms with Crippen LogP contribution in [0.4, 0.5) is 0 Å². The Bertz CT molecular complexity index is 1050. The summed E-state index contributed by atoms with van der Waals surface area (Å²) in [5.74, 6) is -0.0497. The number of fused-ring (bicyclic) bond motifs is 1. The van der Waals surface area contributed by atoms with Crippen LogP contribution in [0.25, 0.3) is 11.3 Å². The first-order valence-electron chi connectivity index (χ1n) is 9.96. The van der Waals surface area contributed by atoms with Gasteiger partial charge >= 0.3 is 0 Å². The number of nitrogens with zero attached hydrogens (tertiary/aromatic N) is 2. The van der Waals surface area contributed by atoms with E-state index in [9.17, 15) is 4.79 Å². The molecule has 2 aliphatic rings. The van der Waals surface area contributed by atoms with Crippen LogP contribution in [-0.2, 0) is 4.74 Å². The highest BCUT2D eigenvalue weighted by atomic mass is 35.5. The molecule has 148 valence electrons. The van der Waals surface area contributed by atoms with Gasteiger partial charge in [0.2, 0.25) is 0 Å². The molecule has 2 unspecified atom stereocenters. The van der Waals surface area contributed by atoms with Crippen LogP contribution in [0, 0.1) is 6.92 Å². The SMILES string of the molecule is Cc1ccc(-c2n[nH]c3c2C(c2ccccc2Cl)N(CC2CCCO2)C3=O)cc1. The molecule has 0 aliphatic carbocycles. The van der Waals surface area contributed by atoms with E-state index in [1.807, 2.05) is 41.3 Å². The molecule has 29 heavy (non-hydrogen) atoms. The Morgan fingerprint density at radius 1 is 1.21 bits per heavy atom. The van der Waals surface area contributed by atoms with Gasteiger partial charge in [0.1, 0.15) is 5.69 Å². The van der Waals surface area contributed by atoms with Gasteiger partial charge < -0.3 is 9.64 Å². The first-order chi connectivity index (χ1) is 14.1. The number of hydrogen-bond donors (Lipinski definition) is 1. The second-order valence-corrected chi connectivity index (χ2v) is 8.15. The third kappa shape index (κ3) is 3.15. The van der Waals surface area contributed by atoms with E-state index in [2.05, 4.69) is 29.3 Å². The summed E-state index contributed by atoms with van der Waals surface area (Å²) in [6, 6.07) is 15.6. The predicted molar refractivity (Wildman–Crippen MR) is 112 cm³/mol. The number of rotatable bonds is 4. The van der Waals surface area contributed by atoms with Crippen LogP contribution in [0.5, 0.6) is 0 Å². The van der Waals surface area contributed by atoms with Crippen molar-refractivity contribution in [1.29, 1.82) is 0 Å². The number of halogens is 1. The summed E-state index contributed by atoms with van der Waals surface area (Å²) >= 11 is 6.59. The highest BCUT2D eigenvalue weighted by molar-refractivity contribution is 6.31.